The SMILES string of the molecule is CN=C(NCc1cccc(S(N)(=O)=O)c1)NCc1ccccc1-n1nc(C)cc1C. The first kappa shape index (κ1) is 21.5. The summed E-state index contributed by atoms with van der Waals surface area (Å²) in [6.07, 6.45) is 0. The Hall–Kier alpha value is -3.17. The van der Waals surface area contributed by atoms with Crippen LogP contribution in [-0.4, -0.2) is 31.2 Å². The van der Waals surface area contributed by atoms with Crippen LogP contribution in [0.5, 0.6) is 0 Å². The van der Waals surface area contributed by atoms with Crippen LogP contribution < -0.4 is 15.8 Å². The molecule has 0 aliphatic carbocycles. The molecule has 2 aromatic carbocycles. The van der Waals surface area contributed by atoms with Crippen molar-refractivity contribution in [2.45, 2.75) is 31.8 Å². The van der Waals surface area contributed by atoms with Crippen molar-refractivity contribution >= 4 is 16.0 Å². The van der Waals surface area contributed by atoms with Gasteiger partial charge in [0.25, 0.3) is 0 Å². The Morgan fingerprint density at radius 3 is 2.47 bits per heavy atom. The third kappa shape index (κ3) is 5.25. The van der Waals surface area contributed by atoms with Gasteiger partial charge >= 0.3 is 0 Å². The maximum atomic E-state index is 11.5. The maximum Gasteiger partial charge on any atom is 0.238 e. The minimum atomic E-state index is -3.73. The predicted octanol–water partition coefficient (Wildman–Crippen LogP) is 2.00. The quantitative estimate of drug-likeness (QED) is 0.412. The molecule has 4 N–H and O–H groups in total. The van der Waals surface area contributed by atoms with E-state index in [1.54, 1.807) is 19.2 Å². The fourth-order valence-electron chi connectivity index (χ4n) is 3.16. The van der Waals surface area contributed by atoms with Crippen LogP contribution in [0.1, 0.15) is 22.5 Å². The number of nitrogens with zero attached hydrogens (tertiary/aromatic N) is 3. The number of aliphatic imine (C=N–C) groups is 1. The summed E-state index contributed by atoms with van der Waals surface area (Å²) in [6, 6.07) is 16.6. The summed E-state index contributed by atoms with van der Waals surface area (Å²) in [6.45, 7) is 4.95. The molecule has 1 aromatic heterocycles. The van der Waals surface area contributed by atoms with E-state index in [-0.39, 0.29) is 4.90 Å². The maximum absolute atomic E-state index is 11.5. The van der Waals surface area contributed by atoms with Crippen molar-refractivity contribution in [3.63, 3.8) is 0 Å². The Balaban J connectivity index is 1.68. The normalized spacial score (nSPS) is 12.1. The summed E-state index contributed by atoms with van der Waals surface area (Å²) in [7, 11) is -2.05. The molecule has 1 heterocycles. The van der Waals surface area contributed by atoms with Crippen molar-refractivity contribution in [2.24, 2.45) is 10.1 Å². The molecule has 0 unspecified atom stereocenters. The molecule has 0 amide bonds. The van der Waals surface area contributed by atoms with E-state index < -0.39 is 10.0 Å². The van der Waals surface area contributed by atoms with E-state index in [9.17, 15) is 8.42 Å². The van der Waals surface area contributed by atoms with Gasteiger partial charge < -0.3 is 10.6 Å². The van der Waals surface area contributed by atoms with Crippen molar-refractivity contribution in [1.29, 1.82) is 0 Å². The van der Waals surface area contributed by atoms with Gasteiger partial charge in [0.1, 0.15) is 0 Å². The van der Waals surface area contributed by atoms with Crippen molar-refractivity contribution in [3.8, 4) is 5.69 Å². The summed E-state index contributed by atoms with van der Waals surface area (Å²) in [5, 5.41) is 16.3. The lowest BCUT2D eigenvalue weighted by atomic mass is 10.1. The Morgan fingerprint density at radius 2 is 1.80 bits per heavy atom. The lowest BCUT2D eigenvalue weighted by Gasteiger charge is -2.15. The van der Waals surface area contributed by atoms with Crippen LogP contribution in [-0.2, 0) is 23.1 Å². The van der Waals surface area contributed by atoms with Crippen LogP contribution in [0.2, 0.25) is 0 Å². The molecule has 30 heavy (non-hydrogen) atoms. The van der Waals surface area contributed by atoms with Crippen LogP contribution in [0.25, 0.3) is 5.69 Å². The first-order chi connectivity index (χ1) is 14.3. The first-order valence-electron chi connectivity index (χ1n) is 9.46. The van der Waals surface area contributed by atoms with Crippen LogP contribution in [0.15, 0.2) is 64.5 Å². The van der Waals surface area contributed by atoms with Gasteiger partial charge in [-0.05, 0) is 49.2 Å². The smallest absolute Gasteiger partial charge is 0.238 e. The molecule has 158 valence electrons. The highest BCUT2D eigenvalue weighted by atomic mass is 32.2. The number of hydrogen-bond acceptors (Lipinski definition) is 4. The number of para-hydroxylation sites is 1. The van der Waals surface area contributed by atoms with E-state index >= 15 is 0 Å². The molecular formula is C21H26N6O2S. The molecule has 0 aliphatic heterocycles. The van der Waals surface area contributed by atoms with E-state index in [4.69, 9.17) is 5.14 Å². The average Bonchev–Trinajstić information content (AvgIpc) is 3.06. The topological polar surface area (TPSA) is 114 Å². The van der Waals surface area contributed by atoms with Gasteiger partial charge in [0.15, 0.2) is 5.96 Å². The number of guanidine groups is 1. The van der Waals surface area contributed by atoms with Crippen LogP contribution in [0.3, 0.4) is 0 Å². The van der Waals surface area contributed by atoms with Gasteiger partial charge in [-0.15, -0.1) is 0 Å². The second-order valence-electron chi connectivity index (χ2n) is 6.94. The number of sulfonamides is 1. The van der Waals surface area contributed by atoms with Gasteiger partial charge in [0.2, 0.25) is 10.0 Å². The lowest BCUT2D eigenvalue weighted by molar-refractivity contribution is 0.597. The summed E-state index contributed by atoms with van der Waals surface area (Å²) in [5.41, 5.74) is 4.90. The first-order valence-corrected chi connectivity index (χ1v) is 11.0. The molecule has 8 nitrogen and oxygen atoms in total. The summed E-state index contributed by atoms with van der Waals surface area (Å²) >= 11 is 0. The number of benzene rings is 2. The Morgan fingerprint density at radius 1 is 1.07 bits per heavy atom. The second kappa shape index (κ2) is 9.10. The molecule has 0 radical (unpaired) electrons. The molecule has 0 fully saturated rings. The third-order valence-electron chi connectivity index (χ3n) is 4.59. The largest absolute Gasteiger partial charge is 0.352 e. The number of hydrogen-bond donors (Lipinski definition) is 3. The zero-order valence-corrected chi connectivity index (χ0v) is 18.1. The van der Waals surface area contributed by atoms with Crippen molar-refractivity contribution < 1.29 is 8.42 Å². The van der Waals surface area contributed by atoms with Gasteiger partial charge in [-0.25, -0.2) is 18.2 Å². The predicted molar refractivity (Wildman–Crippen MR) is 118 cm³/mol. The van der Waals surface area contributed by atoms with Gasteiger partial charge in [0.05, 0.1) is 16.3 Å². The Labute approximate surface area is 176 Å². The summed E-state index contributed by atoms with van der Waals surface area (Å²) < 4.78 is 25.0. The third-order valence-corrected chi connectivity index (χ3v) is 5.50. The molecule has 9 heteroatoms. The summed E-state index contributed by atoms with van der Waals surface area (Å²) in [4.78, 5) is 4.33. The van der Waals surface area contributed by atoms with E-state index in [0.29, 0.717) is 19.0 Å². The lowest BCUT2D eigenvalue weighted by Crippen LogP contribution is -2.36. The molecule has 0 saturated carbocycles. The van der Waals surface area contributed by atoms with Gasteiger partial charge in [-0.3, -0.25) is 4.99 Å². The number of nitrogens with one attached hydrogen (secondary N) is 2. The minimum Gasteiger partial charge on any atom is -0.352 e. The van der Waals surface area contributed by atoms with E-state index in [2.05, 4.69) is 20.7 Å². The monoisotopic (exact) mass is 426 g/mol. The highest BCUT2D eigenvalue weighted by Crippen LogP contribution is 2.17. The molecule has 0 saturated heterocycles. The van der Waals surface area contributed by atoms with Crippen LogP contribution in [0.4, 0.5) is 0 Å². The Kier molecular flexibility index (Phi) is 6.53. The van der Waals surface area contributed by atoms with E-state index in [0.717, 1.165) is 28.2 Å². The number of aromatic nitrogens is 2. The highest BCUT2D eigenvalue weighted by Gasteiger charge is 2.10. The van der Waals surface area contributed by atoms with Crippen molar-refractivity contribution in [2.75, 3.05) is 7.05 Å². The number of nitrogens with two attached hydrogens (primary N) is 1. The fraction of sp³-hybridized carbons (Fsp3) is 0.238. The molecule has 0 spiro atoms. The zero-order chi connectivity index (χ0) is 21.7. The molecule has 3 aromatic rings. The van der Waals surface area contributed by atoms with Crippen molar-refractivity contribution in [3.05, 3.63) is 77.1 Å². The molecular weight excluding hydrogens is 400 g/mol. The summed E-state index contributed by atoms with van der Waals surface area (Å²) in [5.74, 6) is 0.596. The van der Waals surface area contributed by atoms with Crippen LogP contribution >= 0.6 is 0 Å². The van der Waals surface area contributed by atoms with Crippen molar-refractivity contribution in [1.82, 2.24) is 20.4 Å². The Bertz CT molecular complexity index is 1170. The van der Waals surface area contributed by atoms with E-state index in [1.807, 2.05) is 54.9 Å². The molecule has 0 atom stereocenters. The van der Waals surface area contributed by atoms with E-state index in [1.165, 1.54) is 6.07 Å². The van der Waals surface area contributed by atoms with Crippen LogP contribution in [0, 0.1) is 13.8 Å². The molecule has 3 rings (SSSR count). The second-order valence-corrected chi connectivity index (χ2v) is 8.50. The highest BCUT2D eigenvalue weighted by molar-refractivity contribution is 7.89. The zero-order valence-electron chi connectivity index (χ0n) is 17.3. The van der Waals surface area contributed by atoms with Gasteiger partial charge in [-0.2, -0.15) is 5.10 Å². The van der Waals surface area contributed by atoms with Gasteiger partial charge in [0, 0.05) is 25.8 Å². The molecule has 0 aliphatic rings. The number of rotatable bonds is 6. The average molecular weight is 427 g/mol. The fourth-order valence-corrected chi connectivity index (χ4v) is 3.74. The minimum absolute atomic E-state index is 0.0866. The number of primary sulfonamides is 1. The standard InChI is InChI=1S/C21H26N6O2S/c1-15-11-16(2)27(26-15)20-10-5-4-8-18(20)14-25-21(23-3)24-13-17-7-6-9-19(12-17)30(22,28)29/h4-12H,13-14H2,1-3H3,(H2,22,28,29)(H2,23,24,25). The number of aryl methyl sites for hydroxylation is 2. The van der Waals surface area contributed by atoms with Gasteiger partial charge in [-0.1, -0.05) is 30.3 Å². The molecule has 0 bridgehead atoms.